The first kappa shape index (κ1) is 21.4. The highest BCUT2D eigenvalue weighted by Gasteiger charge is 2.23. The van der Waals surface area contributed by atoms with Gasteiger partial charge < -0.3 is 20.4 Å². The maximum absolute atomic E-state index is 12.5. The third kappa shape index (κ3) is 6.06. The molecule has 29 heavy (non-hydrogen) atoms. The highest BCUT2D eigenvalue weighted by atomic mass is 16.2. The predicted octanol–water partition coefficient (Wildman–Crippen LogP) is 0.770. The molecule has 0 saturated carbocycles. The Morgan fingerprint density at radius 2 is 2.03 bits per heavy atom. The standard InChI is InChI=1S/C21H35N7O/c1-3-26-12-6-7-18(26)17-25-21(22-2)24-11-9-20(29)28-15-13-27(14-16-28)19-8-4-5-10-23-19/h4-5,8,10,18H,3,6-7,9,11-17H2,1-2H3,(H2,22,24,25). The van der Waals surface area contributed by atoms with Crippen LogP contribution in [0.1, 0.15) is 26.2 Å². The van der Waals surface area contributed by atoms with Crippen molar-refractivity contribution < 1.29 is 4.79 Å². The SMILES string of the molecule is CCN1CCCC1CNC(=NC)NCCC(=O)N1CCN(c2ccccn2)CC1. The lowest BCUT2D eigenvalue weighted by molar-refractivity contribution is -0.131. The zero-order valence-electron chi connectivity index (χ0n) is 17.8. The highest BCUT2D eigenvalue weighted by molar-refractivity contribution is 5.81. The molecule has 1 unspecified atom stereocenters. The summed E-state index contributed by atoms with van der Waals surface area (Å²) in [5.74, 6) is 1.96. The molecule has 1 aromatic heterocycles. The molecule has 2 fully saturated rings. The van der Waals surface area contributed by atoms with Gasteiger partial charge in [0.1, 0.15) is 5.82 Å². The minimum atomic E-state index is 0.196. The minimum Gasteiger partial charge on any atom is -0.356 e. The first-order valence-corrected chi connectivity index (χ1v) is 10.8. The number of amides is 1. The van der Waals surface area contributed by atoms with Gasteiger partial charge in [0.2, 0.25) is 5.91 Å². The lowest BCUT2D eigenvalue weighted by Gasteiger charge is -2.35. The number of anilines is 1. The fourth-order valence-electron chi connectivity index (χ4n) is 4.15. The Balaban J connectivity index is 1.34. The van der Waals surface area contributed by atoms with Crippen molar-refractivity contribution in [2.45, 2.75) is 32.2 Å². The number of nitrogens with one attached hydrogen (secondary N) is 2. The van der Waals surface area contributed by atoms with E-state index in [4.69, 9.17) is 0 Å². The second-order valence-corrected chi connectivity index (χ2v) is 7.61. The molecule has 2 N–H and O–H groups in total. The number of likely N-dealkylation sites (tertiary alicyclic amines) is 1. The van der Waals surface area contributed by atoms with Gasteiger partial charge in [0.05, 0.1) is 0 Å². The van der Waals surface area contributed by atoms with Gasteiger partial charge in [0.25, 0.3) is 0 Å². The first-order chi connectivity index (χ1) is 14.2. The smallest absolute Gasteiger partial charge is 0.224 e. The Morgan fingerprint density at radius 3 is 2.72 bits per heavy atom. The van der Waals surface area contributed by atoms with E-state index in [0.29, 0.717) is 19.0 Å². The van der Waals surface area contributed by atoms with E-state index in [2.05, 4.69) is 37.3 Å². The Labute approximate surface area is 174 Å². The Hall–Kier alpha value is -2.35. The van der Waals surface area contributed by atoms with Gasteiger partial charge in [-0.25, -0.2) is 4.98 Å². The summed E-state index contributed by atoms with van der Waals surface area (Å²) >= 11 is 0. The molecule has 2 saturated heterocycles. The molecular weight excluding hydrogens is 366 g/mol. The molecule has 0 spiro atoms. The number of pyridine rings is 1. The molecule has 8 nitrogen and oxygen atoms in total. The normalized spacial score (nSPS) is 20.8. The van der Waals surface area contributed by atoms with Gasteiger partial charge in [0, 0.05) is 65.0 Å². The average molecular weight is 402 g/mol. The number of carbonyl (C=O) groups excluding carboxylic acids is 1. The van der Waals surface area contributed by atoms with E-state index in [9.17, 15) is 4.79 Å². The largest absolute Gasteiger partial charge is 0.356 e. The van der Waals surface area contributed by atoms with Gasteiger partial charge in [-0.3, -0.25) is 14.7 Å². The van der Waals surface area contributed by atoms with Crippen LogP contribution in [0.3, 0.4) is 0 Å². The van der Waals surface area contributed by atoms with Crippen LogP contribution in [0.2, 0.25) is 0 Å². The number of aliphatic imine (C=N–C) groups is 1. The summed E-state index contributed by atoms with van der Waals surface area (Å²) in [6.45, 7) is 9.15. The van der Waals surface area contributed by atoms with Crippen LogP contribution < -0.4 is 15.5 Å². The van der Waals surface area contributed by atoms with Crippen molar-refractivity contribution in [2.75, 3.05) is 64.3 Å². The molecule has 3 heterocycles. The number of hydrogen-bond acceptors (Lipinski definition) is 5. The van der Waals surface area contributed by atoms with Crippen LogP contribution in [0.15, 0.2) is 29.4 Å². The Kier molecular flexibility index (Phi) is 8.10. The molecule has 0 aromatic carbocycles. The summed E-state index contributed by atoms with van der Waals surface area (Å²) in [6.07, 6.45) is 4.80. The second kappa shape index (κ2) is 11.0. The molecule has 1 atom stereocenters. The quantitative estimate of drug-likeness (QED) is 0.519. The van der Waals surface area contributed by atoms with Crippen molar-refractivity contribution >= 4 is 17.7 Å². The van der Waals surface area contributed by atoms with Crippen molar-refractivity contribution in [3.8, 4) is 0 Å². The number of carbonyl (C=O) groups is 1. The third-order valence-corrected chi connectivity index (χ3v) is 5.87. The Bertz CT molecular complexity index is 658. The number of piperazine rings is 1. The van der Waals surface area contributed by atoms with Gasteiger partial charge in [-0.2, -0.15) is 0 Å². The van der Waals surface area contributed by atoms with E-state index in [-0.39, 0.29) is 5.91 Å². The van der Waals surface area contributed by atoms with E-state index in [1.807, 2.05) is 29.3 Å². The number of nitrogens with zero attached hydrogens (tertiary/aromatic N) is 5. The van der Waals surface area contributed by atoms with Crippen LogP contribution in [-0.2, 0) is 4.79 Å². The van der Waals surface area contributed by atoms with E-state index in [0.717, 1.165) is 51.0 Å². The van der Waals surface area contributed by atoms with Gasteiger partial charge in [-0.05, 0) is 38.1 Å². The van der Waals surface area contributed by atoms with Crippen LogP contribution in [0.25, 0.3) is 0 Å². The van der Waals surface area contributed by atoms with E-state index in [1.165, 1.54) is 19.4 Å². The fraction of sp³-hybridized carbons (Fsp3) is 0.667. The topological polar surface area (TPSA) is 76.1 Å². The number of guanidine groups is 1. The molecule has 1 aromatic rings. The minimum absolute atomic E-state index is 0.196. The monoisotopic (exact) mass is 401 g/mol. The molecule has 0 bridgehead atoms. The molecule has 1 amide bonds. The first-order valence-electron chi connectivity index (χ1n) is 10.8. The molecule has 8 heteroatoms. The maximum atomic E-state index is 12.5. The lowest BCUT2D eigenvalue weighted by atomic mass is 10.2. The summed E-state index contributed by atoms with van der Waals surface area (Å²) in [5.41, 5.74) is 0. The molecule has 160 valence electrons. The summed E-state index contributed by atoms with van der Waals surface area (Å²) in [4.78, 5) is 27.9. The Morgan fingerprint density at radius 1 is 1.21 bits per heavy atom. The summed E-state index contributed by atoms with van der Waals surface area (Å²) in [6, 6.07) is 6.52. The summed E-state index contributed by atoms with van der Waals surface area (Å²) in [5, 5.41) is 6.69. The average Bonchev–Trinajstić information content (AvgIpc) is 3.24. The summed E-state index contributed by atoms with van der Waals surface area (Å²) in [7, 11) is 1.78. The lowest BCUT2D eigenvalue weighted by Crippen LogP contribution is -2.50. The molecule has 2 aliphatic rings. The van der Waals surface area contributed by atoms with Gasteiger partial charge >= 0.3 is 0 Å². The van der Waals surface area contributed by atoms with E-state index >= 15 is 0 Å². The van der Waals surface area contributed by atoms with Crippen LogP contribution in [0.5, 0.6) is 0 Å². The fourth-order valence-corrected chi connectivity index (χ4v) is 4.15. The highest BCUT2D eigenvalue weighted by Crippen LogP contribution is 2.15. The maximum Gasteiger partial charge on any atom is 0.224 e. The van der Waals surface area contributed by atoms with Crippen molar-refractivity contribution in [1.82, 2.24) is 25.4 Å². The molecule has 0 aliphatic carbocycles. The zero-order valence-corrected chi connectivity index (χ0v) is 17.8. The summed E-state index contributed by atoms with van der Waals surface area (Å²) < 4.78 is 0. The third-order valence-electron chi connectivity index (χ3n) is 5.87. The number of aromatic nitrogens is 1. The molecule has 2 aliphatic heterocycles. The number of rotatable bonds is 7. The molecule has 3 rings (SSSR count). The van der Waals surface area contributed by atoms with Crippen molar-refractivity contribution in [2.24, 2.45) is 4.99 Å². The van der Waals surface area contributed by atoms with Crippen LogP contribution in [0.4, 0.5) is 5.82 Å². The predicted molar refractivity (Wildman–Crippen MR) is 117 cm³/mol. The number of likely N-dealkylation sites (N-methyl/N-ethyl adjacent to an activating group) is 1. The van der Waals surface area contributed by atoms with Crippen molar-refractivity contribution in [3.63, 3.8) is 0 Å². The second-order valence-electron chi connectivity index (χ2n) is 7.61. The van der Waals surface area contributed by atoms with E-state index in [1.54, 1.807) is 7.05 Å². The molecule has 0 radical (unpaired) electrons. The van der Waals surface area contributed by atoms with Gasteiger partial charge in [-0.1, -0.05) is 13.0 Å². The van der Waals surface area contributed by atoms with Gasteiger partial charge in [0.15, 0.2) is 5.96 Å². The van der Waals surface area contributed by atoms with Gasteiger partial charge in [-0.15, -0.1) is 0 Å². The molecular formula is C21H35N7O. The van der Waals surface area contributed by atoms with Crippen LogP contribution in [-0.4, -0.2) is 92.1 Å². The van der Waals surface area contributed by atoms with E-state index < -0.39 is 0 Å². The van der Waals surface area contributed by atoms with Crippen LogP contribution >= 0.6 is 0 Å². The van der Waals surface area contributed by atoms with Crippen LogP contribution in [0, 0.1) is 0 Å². The number of hydrogen-bond donors (Lipinski definition) is 2. The van der Waals surface area contributed by atoms with Crippen molar-refractivity contribution in [1.29, 1.82) is 0 Å². The zero-order chi connectivity index (χ0) is 20.5. The van der Waals surface area contributed by atoms with Crippen molar-refractivity contribution in [3.05, 3.63) is 24.4 Å².